The summed E-state index contributed by atoms with van der Waals surface area (Å²) in [7, 11) is 0. The summed E-state index contributed by atoms with van der Waals surface area (Å²) in [6.07, 6.45) is 0. The first-order valence-electron chi connectivity index (χ1n) is 4.95. The summed E-state index contributed by atoms with van der Waals surface area (Å²) in [6, 6.07) is 9.24. The third-order valence-electron chi connectivity index (χ3n) is 2.13. The lowest BCUT2D eigenvalue weighted by Crippen LogP contribution is -2.14. The second kappa shape index (κ2) is 5.75. The van der Waals surface area contributed by atoms with Crippen LogP contribution in [0, 0.1) is 9.39 Å². The molecule has 0 unspecified atom stereocenters. The topological polar surface area (TPSA) is 42.0 Å². The molecule has 0 aliphatic carbocycles. The average molecular weight is 421 g/mol. The van der Waals surface area contributed by atoms with Gasteiger partial charge >= 0.3 is 0 Å². The number of halogens is 3. The molecule has 2 rings (SSSR count). The summed E-state index contributed by atoms with van der Waals surface area (Å²) >= 11 is 5.16. The van der Waals surface area contributed by atoms with E-state index in [1.807, 2.05) is 22.6 Å². The maximum absolute atomic E-state index is 12.9. The SMILES string of the molecule is O=C(Nc1ccc(F)cc1I)c1cccc(Br)n1. The minimum Gasteiger partial charge on any atom is -0.320 e. The molecule has 0 spiro atoms. The van der Waals surface area contributed by atoms with Gasteiger partial charge in [0.25, 0.3) is 5.91 Å². The monoisotopic (exact) mass is 420 g/mol. The van der Waals surface area contributed by atoms with Crippen molar-refractivity contribution in [2.75, 3.05) is 5.32 Å². The summed E-state index contributed by atoms with van der Waals surface area (Å²) in [5.74, 6) is -0.668. The lowest BCUT2D eigenvalue weighted by Gasteiger charge is -2.07. The van der Waals surface area contributed by atoms with Gasteiger partial charge in [0.2, 0.25) is 0 Å². The predicted octanol–water partition coefficient (Wildman–Crippen LogP) is 3.84. The van der Waals surface area contributed by atoms with Crippen molar-refractivity contribution in [3.05, 3.63) is 56.1 Å². The van der Waals surface area contributed by atoms with E-state index >= 15 is 0 Å². The molecule has 1 heterocycles. The molecule has 0 bridgehead atoms. The van der Waals surface area contributed by atoms with Crippen molar-refractivity contribution >= 4 is 50.1 Å². The number of nitrogens with one attached hydrogen (secondary N) is 1. The first-order chi connectivity index (χ1) is 8.56. The highest BCUT2D eigenvalue weighted by Crippen LogP contribution is 2.19. The molecule has 3 nitrogen and oxygen atoms in total. The zero-order valence-corrected chi connectivity index (χ0v) is 12.7. The zero-order chi connectivity index (χ0) is 13.1. The van der Waals surface area contributed by atoms with Gasteiger partial charge in [-0.3, -0.25) is 4.79 Å². The maximum atomic E-state index is 12.9. The molecule has 0 aliphatic heterocycles. The first-order valence-corrected chi connectivity index (χ1v) is 6.82. The fourth-order valence-electron chi connectivity index (χ4n) is 1.31. The molecule has 1 aromatic carbocycles. The molecule has 2 aromatic rings. The van der Waals surface area contributed by atoms with Crippen molar-refractivity contribution in [1.29, 1.82) is 0 Å². The van der Waals surface area contributed by atoms with Crippen LogP contribution < -0.4 is 5.32 Å². The van der Waals surface area contributed by atoms with E-state index in [4.69, 9.17) is 0 Å². The molecule has 6 heteroatoms. The Bertz CT molecular complexity index is 606. The van der Waals surface area contributed by atoms with Crippen molar-refractivity contribution in [3.63, 3.8) is 0 Å². The third kappa shape index (κ3) is 3.26. The van der Waals surface area contributed by atoms with Crippen LogP contribution >= 0.6 is 38.5 Å². The Hall–Kier alpha value is -1.02. The maximum Gasteiger partial charge on any atom is 0.274 e. The van der Waals surface area contributed by atoms with Gasteiger partial charge in [-0.05, 0) is 68.9 Å². The Kier molecular flexibility index (Phi) is 4.28. The van der Waals surface area contributed by atoms with Crippen LogP contribution in [-0.4, -0.2) is 10.9 Å². The normalized spacial score (nSPS) is 10.2. The number of pyridine rings is 1. The van der Waals surface area contributed by atoms with Crippen LogP contribution in [0.2, 0.25) is 0 Å². The zero-order valence-electron chi connectivity index (χ0n) is 8.95. The highest BCUT2D eigenvalue weighted by atomic mass is 127. The van der Waals surface area contributed by atoms with Crippen LogP contribution in [-0.2, 0) is 0 Å². The van der Waals surface area contributed by atoms with E-state index in [0.717, 1.165) is 0 Å². The molecule has 1 N–H and O–H groups in total. The smallest absolute Gasteiger partial charge is 0.274 e. The van der Waals surface area contributed by atoms with Crippen molar-refractivity contribution in [2.24, 2.45) is 0 Å². The molecule has 1 aromatic heterocycles. The van der Waals surface area contributed by atoms with Gasteiger partial charge in [-0.15, -0.1) is 0 Å². The van der Waals surface area contributed by atoms with Crippen LogP contribution in [0.15, 0.2) is 41.0 Å². The van der Waals surface area contributed by atoms with Crippen LogP contribution in [0.25, 0.3) is 0 Å². The fraction of sp³-hybridized carbons (Fsp3) is 0. The molecular formula is C12H7BrFIN2O. The molecule has 92 valence electrons. The van der Waals surface area contributed by atoms with Gasteiger partial charge in [0, 0.05) is 3.57 Å². The van der Waals surface area contributed by atoms with Crippen LogP contribution in [0.4, 0.5) is 10.1 Å². The number of amides is 1. The summed E-state index contributed by atoms with van der Waals surface area (Å²) in [5, 5.41) is 2.68. The Labute approximate surface area is 125 Å². The molecule has 0 atom stereocenters. The Balaban J connectivity index is 2.21. The second-order valence-corrected chi connectivity index (χ2v) is 5.40. The van der Waals surface area contributed by atoms with Crippen molar-refractivity contribution in [1.82, 2.24) is 4.98 Å². The Morgan fingerprint density at radius 2 is 2.11 bits per heavy atom. The van der Waals surface area contributed by atoms with Gasteiger partial charge in [0.15, 0.2) is 0 Å². The van der Waals surface area contributed by atoms with Gasteiger partial charge < -0.3 is 5.32 Å². The van der Waals surface area contributed by atoms with Gasteiger partial charge in [-0.2, -0.15) is 0 Å². The van der Waals surface area contributed by atoms with E-state index in [0.29, 0.717) is 19.6 Å². The quantitative estimate of drug-likeness (QED) is 0.592. The minimum absolute atomic E-state index is 0.296. The number of anilines is 1. The lowest BCUT2D eigenvalue weighted by molar-refractivity contribution is 0.102. The number of hydrogen-bond donors (Lipinski definition) is 1. The number of carbonyl (C=O) groups excluding carboxylic acids is 1. The van der Waals surface area contributed by atoms with E-state index in [1.165, 1.54) is 18.2 Å². The summed E-state index contributed by atoms with van der Waals surface area (Å²) in [5.41, 5.74) is 0.855. The highest BCUT2D eigenvalue weighted by molar-refractivity contribution is 14.1. The van der Waals surface area contributed by atoms with E-state index in [-0.39, 0.29) is 11.7 Å². The molecule has 0 saturated heterocycles. The Morgan fingerprint density at radius 3 is 2.78 bits per heavy atom. The van der Waals surface area contributed by atoms with E-state index in [1.54, 1.807) is 18.2 Å². The number of aromatic nitrogens is 1. The average Bonchev–Trinajstić information content (AvgIpc) is 2.32. The number of hydrogen-bond acceptors (Lipinski definition) is 2. The minimum atomic E-state index is -0.335. The van der Waals surface area contributed by atoms with Crippen molar-refractivity contribution in [3.8, 4) is 0 Å². The van der Waals surface area contributed by atoms with Gasteiger partial charge in [0.05, 0.1) is 5.69 Å². The number of nitrogens with zero attached hydrogens (tertiary/aromatic N) is 1. The summed E-state index contributed by atoms with van der Waals surface area (Å²) < 4.78 is 14.1. The second-order valence-electron chi connectivity index (χ2n) is 3.42. The summed E-state index contributed by atoms with van der Waals surface area (Å²) in [4.78, 5) is 16.0. The van der Waals surface area contributed by atoms with Crippen LogP contribution in [0.3, 0.4) is 0 Å². The largest absolute Gasteiger partial charge is 0.320 e. The summed E-state index contributed by atoms with van der Waals surface area (Å²) in [6.45, 7) is 0. The lowest BCUT2D eigenvalue weighted by atomic mass is 10.3. The van der Waals surface area contributed by atoms with Gasteiger partial charge in [-0.25, -0.2) is 9.37 Å². The van der Waals surface area contributed by atoms with Crippen molar-refractivity contribution < 1.29 is 9.18 Å². The Morgan fingerprint density at radius 1 is 1.33 bits per heavy atom. The number of benzene rings is 1. The standard InChI is InChI=1S/C12H7BrFIN2O/c13-11-3-1-2-10(16-11)12(18)17-9-5-4-7(14)6-8(9)15/h1-6H,(H,17,18). The fourth-order valence-corrected chi connectivity index (χ4v) is 2.27. The number of carbonyl (C=O) groups is 1. The van der Waals surface area contributed by atoms with Gasteiger partial charge in [0.1, 0.15) is 16.1 Å². The predicted molar refractivity (Wildman–Crippen MR) is 79.0 cm³/mol. The number of rotatable bonds is 2. The first kappa shape index (κ1) is 13.4. The van der Waals surface area contributed by atoms with E-state index in [2.05, 4.69) is 26.2 Å². The molecular weight excluding hydrogens is 414 g/mol. The van der Waals surface area contributed by atoms with Crippen LogP contribution in [0.1, 0.15) is 10.5 Å². The van der Waals surface area contributed by atoms with Gasteiger partial charge in [-0.1, -0.05) is 6.07 Å². The molecule has 1 amide bonds. The molecule has 0 fully saturated rings. The highest BCUT2D eigenvalue weighted by Gasteiger charge is 2.10. The van der Waals surface area contributed by atoms with E-state index in [9.17, 15) is 9.18 Å². The van der Waals surface area contributed by atoms with E-state index < -0.39 is 0 Å². The van der Waals surface area contributed by atoms with Crippen molar-refractivity contribution in [2.45, 2.75) is 0 Å². The molecule has 0 aliphatic rings. The molecule has 18 heavy (non-hydrogen) atoms. The molecule has 0 radical (unpaired) electrons. The third-order valence-corrected chi connectivity index (χ3v) is 3.46. The van der Waals surface area contributed by atoms with Crippen LogP contribution in [0.5, 0.6) is 0 Å². The molecule has 0 saturated carbocycles.